The van der Waals surface area contributed by atoms with Gasteiger partial charge in [0.2, 0.25) is 0 Å². The maximum atomic E-state index is 9.84. The predicted octanol–water partition coefficient (Wildman–Crippen LogP) is 4.28. The largest absolute Gasteiger partial charge is 0.506 e. The zero-order valence-electron chi connectivity index (χ0n) is 8.79. The monoisotopic (exact) mass is 345 g/mol. The van der Waals surface area contributed by atoms with Gasteiger partial charge < -0.3 is 5.11 Å². The minimum absolute atomic E-state index is 0.255. The van der Waals surface area contributed by atoms with Gasteiger partial charge in [0.25, 0.3) is 0 Å². The summed E-state index contributed by atoms with van der Waals surface area (Å²) in [5, 5.41) is 9.84. The first-order chi connectivity index (χ1) is 7.66. The molecule has 1 aromatic rings. The molecule has 1 fully saturated rings. The van der Waals surface area contributed by atoms with Crippen LogP contribution in [-0.4, -0.2) is 17.4 Å². The quantitative estimate of drug-likeness (QED) is 0.796. The van der Waals surface area contributed by atoms with E-state index in [1.807, 2.05) is 12.1 Å². The molecule has 1 N–H and O–H groups in total. The summed E-state index contributed by atoms with van der Waals surface area (Å²) in [4.78, 5) is 4.51. The van der Waals surface area contributed by atoms with E-state index in [0.29, 0.717) is 10.5 Å². The fourth-order valence-corrected chi connectivity index (χ4v) is 3.18. The molecule has 1 aliphatic carbocycles. The van der Waals surface area contributed by atoms with Gasteiger partial charge in [0, 0.05) is 22.3 Å². The molecular weight excluding hydrogens is 334 g/mol. The van der Waals surface area contributed by atoms with Gasteiger partial charge in [-0.3, -0.25) is 4.99 Å². The molecule has 0 spiro atoms. The Balaban J connectivity index is 2.19. The minimum Gasteiger partial charge on any atom is -0.506 e. The van der Waals surface area contributed by atoms with Gasteiger partial charge in [-0.1, -0.05) is 28.8 Å². The van der Waals surface area contributed by atoms with E-state index in [1.165, 1.54) is 25.7 Å². The summed E-state index contributed by atoms with van der Waals surface area (Å²) < 4.78 is 1.62. The molecule has 1 aromatic carbocycles. The maximum absolute atomic E-state index is 9.84. The van der Waals surface area contributed by atoms with E-state index in [0.717, 1.165) is 10.0 Å². The van der Waals surface area contributed by atoms with Crippen molar-refractivity contribution < 1.29 is 5.11 Å². The van der Waals surface area contributed by atoms with Gasteiger partial charge in [0.1, 0.15) is 5.75 Å². The number of phenols is 1. The van der Waals surface area contributed by atoms with Crippen LogP contribution in [0.5, 0.6) is 5.75 Å². The van der Waals surface area contributed by atoms with Crippen LogP contribution in [0, 0.1) is 0 Å². The summed E-state index contributed by atoms with van der Waals surface area (Å²) in [7, 11) is 0. The van der Waals surface area contributed by atoms with Crippen LogP contribution >= 0.6 is 31.9 Å². The summed E-state index contributed by atoms with van der Waals surface area (Å²) in [5.41, 5.74) is 0.758. The highest BCUT2D eigenvalue weighted by atomic mass is 79.9. The van der Waals surface area contributed by atoms with Crippen molar-refractivity contribution in [3.63, 3.8) is 0 Å². The molecule has 86 valence electrons. The molecule has 0 bridgehead atoms. The SMILES string of the molecule is Oc1c(Br)cc(Br)cc1C=NC1CCCC1. The van der Waals surface area contributed by atoms with Gasteiger partial charge in [0.15, 0.2) is 0 Å². The number of phenolic OH excluding ortho intramolecular Hbond substituents is 1. The Morgan fingerprint density at radius 1 is 1.25 bits per heavy atom. The topological polar surface area (TPSA) is 32.6 Å². The lowest BCUT2D eigenvalue weighted by atomic mass is 10.2. The van der Waals surface area contributed by atoms with Gasteiger partial charge in [-0.25, -0.2) is 0 Å². The zero-order valence-corrected chi connectivity index (χ0v) is 12.0. The van der Waals surface area contributed by atoms with Crippen molar-refractivity contribution in [1.82, 2.24) is 0 Å². The highest BCUT2D eigenvalue weighted by Gasteiger charge is 2.13. The average Bonchev–Trinajstić information content (AvgIpc) is 2.74. The Hall–Kier alpha value is -0.350. The van der Waals surface area contributed by atoms with E-state index < -0.39 is 0 Å². The van der Waals surface area contributed by atoms with Crippen molar-refractivity contribution in [2.24, 2.45) is 4.99 Å². The standard InChI is InChI=1S/C12H13Br2NO/c13-9-5-8(12(16)11(14)6-9)7-15-10-3-1-2-4-10/h5-7,10,16H,1-4H2. The van der Waals surface area contributed by atoms with Gasteiger partial charge >= 0.3 is 0 Å². The van der Waals surface area contributed by atoms with Crippen LogP contribution in [-0.2, 0) is 0 Å². The molecule has 0 aliphatic heterocycles. The van der Waals surface area contributed by atoms with E-state index >= 15 is 0 Å². The third-order valence-corrected chi connectivity index (χ3v) is 3.87. The van der Waals surface area contributed by atoms with Crippen LogP contribution in [0.25, 0.3) is 0 Å². The second-order valence-electron chi connectivity index (χ2n) is 4.04. The fourth-order valence-electron chi connectivity index (χ4n) is 1.92. The molecule has 1 aliphatic rings. The molecule has 0 radical (unpaired) electrons. The molecule has 0 amide bonds. The van der Waals surface area contributed by atoms with Crippen molar-refractivity contribution in [3.8, 4) is 5.75 Å². The molecule has 4 heteroatoms. The average molecular weight is 347 g/mol. The first kappa shape index (κ1) is 12.1. The van der Waals surface area contributed by atoms with Crippen LogP contribution in [0.4, 0.5) is 0 Å². The first-order valence-electron chi connectivity index (χ1n) is 5.38. The van der Waals surface area contributed by atoms with Gasteiger partial charge in [-0.15, -0.1) is 0 Å². The molecule has 0 atom stereocenters. The second-order valence-corrected chi connectivity index (χ2v) is 5.81. The van der Waals surface area contributed by atoms with Crippen LogP contribution in [0.3, 0.4) is 0 Å². The Morgan fingerprint density at radius 3 is 2.62 bits per heavy atom. The summed E-state index contributed by atoms with van der Waals surface area (Å²) in [6, 6.07) is 4.14. The van der Waals surface area contributed by atoms with E-state index in [9.17, 15) is 5.11 Å². The van der Waals surface area contributed by atoms with Crippen LogP contribution in [0.1, 0.15) is 31.2 Å². The zero-order chi connectivity index (χ0) is 11.5. The molecule has 0 saturated heterocycles. The van der Waals surface area contributed by atoms with E-state index in [4.69, 9.17) is 0 Å². The van der Waals surface area contributed by atoms with Crippen molar-refractivity contribution in [2.75, 3.05) is 0 Å². The molecule has 0 heterocycles. The molecule has 0 aromatic heterocycles. The first-order valence-corrected chi connectivity index (χ1v) is 6.96. The van der Waals surface area contributed by atoms with Gasteiger partial charge in [-0.2, -0.15) is 0 Å². The summed E-state index contributed by atoms with van der Waals surface area (Å²) in [5.74, 6) is 0.255. The molecule has 0 unspecified atom stereocenters. The van der Waals surface area contributed by atoms with Crippen LogP contribution in [0.15, 0.2) is 26.1 Å². The maximum Gasteiger partial charge on any atom is 0.138 e. The number of rotatable bonds is 2. The summed E-state index contributed by atoms with van der Waals surface area (Å²) in [6.07, 6.45) is 6.67. The van der Waals surface area contributed by atoms with Crippen molar-refractivity contribution in [2.45, 2.75) is 31.7 Å². The number of benzene rings is 1. The Morgan fingerprint density at radius 2 is 1.94 bits per heavy atom. The third kappa shape index (κ3) is 2.86. The van der Waals surface area contributed by atoms with Gasteiger partial charge in [0.05, 0.1) is 4.47 Å². The predicted molar refractivity (Wildman–Crippen MR) is 73.4 cm³/mol. The molecule has 16 heavy (non-hydrogen) atoms. The Labute approximate surface area is 112 Å². The number of aliphatic imine (C=N–C) groups is 1. The molecule has 2 rings (SSSR count). The fraction of sp³-hybridized carbons (Fsp3) is 0.417. The van der Waals surface area contributed by atoms with Crippen molar-refractivity contribution >= 4 is 38.1 Å². The normalized spacial score (nSPS) is 17.4. The second kappa shape index (κ2) is 5.32. The lowest BCUT2D eigenvalue weighted by Crippen LogP contribution is -1.97. The van der Waals surface area contributed by atoms with Crippen LogP contribution < -0.4 is 0 Å². The van der Waals surface area contributed by atoms with E-state index in [-0.39, 0.29) is 5.75 Å². The molecule has 1 saturated carbocycles. The van der Waals surface area contributed by atoms with E-state index in [1.54, 1.807) is 6.21 Å². The Bertz CT molecular complexity index is 412. The summed E-state index contributed by atoms with van der Waals surface area (Å²) >= 11 is 6.71. The molecular formula is C12H13Br2NO. The third-order valence-electron chi connectivity index (χ3n) is 2.81. The van der Waals surface area contributed by atoms with Crippen LogP contribution in [0.2, 0.25) is 0 Å². The number of nitrogens with zero attached hydrogens (tertiary/aromatic N) is 1. The van der Waals surface area contributed by atoms with Crippen molar-refractivity contribution in [3.05, 3.63) is 26.6 Å². The lowest BCUT2D eigenvalue weighted by molar-refractivity contribution is 0.471. The highest BCUT2D eigenvalue weighted by Crippen LogP contribution is 2.31. The highest BCUT2D eigenvalue weighted by molar-refractivity contribution is 9.11. The summed E-state index contributed by atoms with van der Waals surface area (Å²) in [6.45, 7) is 0. The van der Waals surface area contributed by atoms with Gasteiger partial charge in [-0.05, 0) is 40.9 Å². The number of hydrogen-bond acceptors (Lipinski definition) is 2. The minimum atomic E-state index is 0.255. The number of hydrogen-bond donors (Lipinski definition) is 1. The lowest BCUT2D eigenvalue weighted by Gasteiger charge is -2.04. The molecule has 2 nitrogen and oxygen atoms in total. The number of halogens is 2. The smallest absolute Gasteiger partial charge is 0.138 e. The van der Waals surface area contributed by atoms with Crippen molar-refractivity contribution in [1.29, 1.82) is 0 Å². The van der Waals surface area contributed by atoms with E-state index in [2.05, 4.69) is 36.9 Å². The Kier molecular flexibility index (Phi) is 4.03. The number of aromatic hydroxyl groups is 1.